The van der Waals surface area contributed by atoms with E-state index in [0.29, 0.717) is 29.8 Å². The number of hydrogen-bond donors (Lipinski definition) is 1. The Morgan fingerprint density at radius 3 is 2.69 bits per heavy atom. The number of para-hydroxylation sites is 3. The van der Waals surface area contributed by atoms with Crippen LogP contribution in [0.3, 0.4) is 0 Å². The first-order chi connectivity index (χ1) is 12.5. The summed E-state index contributed by atoms with van der Waals surface area (Å²) >= 11 is 0. The Bertz CT molecular complexity index is 1060. The molecule has 0 spiro atoms. The van der Waals surface area contributed by atoms with Crippen LogP contribution in [0.2, 0.25) is 0 Å². The smallest absolute Gasteiger partial charge is 0.261 e. The molecule has 26 heavy (non-hydrogen) atoms. The molecule has 1 aromatic heterocycles. The van der Waals surface area contributed by atoms with Crippen LogP contribution in [-0.4, -0.2) is 22.0 Å². The Kier molecular flexibility index (Phi) is 3.95. The number of nitrogens with zero attached hydrogens (tertiary/aromatic N) is 3. The third kappa shape index (κ3) is 2.73. The number of rotatable bonds is 2. The zero-order valence-electron chi connectivity index (χ0n) is 14.8. The van der Waals surface area contributed by atoms with Crippen LogP contribution in [-0.2, 0) is 18.4 Å². The van der Waals surface area contributed by atoms with Crippen molar-refractivity contribution in [3.8, 4) is 0 Å². The molecule has 0 fully saturated rings. The summed E-state index contributed by atoms with van der Waals surface area (Å²) in [5.74, 6) is 0.505. The largest absolute Gasteiger partial charge is 0.362 e. The molecule has 0 saturated heterocycles. The van der Waals surface area contributed by atoms with Crippen LogP contribution in [0.1, 0.15) is 12.7 Å². The van der Waals surface area contributed by atoms with E-state index in [9.17, 15) is 9.59 Å². The van der Waals surface area contributed by atoms with Crippen molar-refractivity contribution in [1.29, 1.82) is 0 Å². The lowest BCUT2D eigenvalue weighted by atomic mass is 10.1. The van der Waals surface area contributed by atoms with Crippen LogP contribution in [0.4, 0.5) is 11.4 Å². The molecule has 4 rings (SSSR count). The normalized spacial score (nSPS) is 16.9. The minimum absolute atomic E-state index is 0.000287. The lowest BCUT2D eigenvalue weighted by Crippen LogP contribution is -2.33. The fourth-order valence-corrected chi connectivity index (χ4v) is 3.35. The molecule has 1 aliphatic rings. The van der Waals surface area contributed by atoms with Gasteiger partial charge in [0.2, 0.25) is 5.91 Å². The van der Waals surface area contributed by atoms with E-state index in [1.165, 1.54) is 0 Å². The van der Waals surface area contributed by atoms with Gasteiger partial charge in [-0.3, -0.25) is 14.2 Å². The summed E-state index contributed by atoms with van der Waals surface area (Å²) < 4.78 is 1.59. The van der Waals surface area contributed by atoms with Gasteiger partial charge in [0, 0.05) is 13.6 Å². The summed E-state index contributed by atoms with van der Waals surface area (Å²) in [5.41, 5.74) is 2.35. The summed E-state index contributed by atoms with van der Waals surface area (Å²) in [6, 6.07) is 15.1. The van der Waals surface area contributed by atoms with E-state index in [4.69, 9.17) is 4.98 Å². The van der Waals surface area contributed by atoms with Crippen molar-refractivity contribution in [2.45, 2.75) is 13.5 Å². The first-order valence-electron chi connectivity index (χ1n) is 8.64. The monoisotopic (exact) mass is 348 g/mol. The summed E-state index contributed by atoms with van der Waals surface area (Å²) in [6.07, 6.45) is 0. The van der Waals surface area contributed by atoms with Crippen LogP contribution in [0.15, 0.2) is 53.3 Å². The van der Waals surface area contributed by atoms with E-state index in [-0.39, 0.29) is 17.4 Å². The molecule has 0 bridgehead atoms. The van der Waals surface area contributed by atoms with Crippen molar-refractivity contribution >= 4 is 28.2 Å². The molecule has 1 atom stereocenters. The summed E-state index contributed by atoms with van der Waals surface area (Å²) in [6.45, 7) is 2.92. The van der Waals surface area contributed by atoms with Gasteiger partial charge in [-0.2, -0.15) is 0 Å². The van der Waals surface area contributed by atoms with Gasteiger partial charge in [0.05, 0.1) is 34.7 Å². The van der Waals surface area contributed by atoms with E-state index in [1.54, 1.807) is 17.7 Å². The van der Waals surface area contributed by atoms with Crippen molar-refractivity contribution in [3.63, 3.8) is 0 Å². The SMILES string of the molecule is CC1CN(Cc2nc3ccccc3c(=O)n2C)c2ccccc2NC1=O. The van der Waals surface area contributed by atoms with E-state index in [1.807, 2.05) is 49.4 Å². The maximum absolute atomic E-state index is 12.7. The molecule has 132 valence electrons. The highest BCUT2D eigenvalue weighted by molar-refractivity contribution is 5.97. The first-order valence-corrected chi connectivity index (χ1v) is 8.64. The molecule has 0 aliphatic carbocycles. The summed E-state index contributed by atoms with van der Waals surface area (Å²) in [7, 11) is 1.74. The molecule has 0 radical (unpaired) electrons. The number of aromatic nitrogens is 2. The minimum atomic E-state index is -0.167. The number of hydrogen-bond acceptors (Lipinski definition) is 4. The quantitative estimate of drug-likeness (QED) is 0.773. The zero-order chi connectivity index (χ0) is 18.3. The number of carbonyl (C=O) groups is 1. The highest BCUT2D eigenvalue weighted by atomic mass is 16.2. The average molecular weight is 348 g/mol. The number of benzene rings is 2. The molecule has 1 N–H and O–H groups in total. The second-order valence-corrected chi connectivity index (χ2v) is 6.70. The molecule has 2 heterocycles. The molecule has 1 aliphatic heterocycles. The van der Waals surface area contributed by atoms with Gasteiger partial charge >= 0.3 is 0 Å². The van der Waals surface area contributed by atoms with Crippen molar-refractivity contribution in [3.05, 3.63) is 64.7 Å². The second kappa shape index (κ2) is 6.29. The number of anilines is 2. The third-order valence-electron chi connectivity index (χ3n) is 4.85. The molecule has 0 saturated carbocycles. The van der Waals surface area contributed by atoms with Crippen LogP contribution >= 0.6 is 0 Å². The fraction of sp³-hybridized carbons (Fsp3) is 0.250. The zero-order valence-corrected chi connectivity index (χ0v) is 14.8. The number of nitrogens with one attached hydrogen (secondary N) is 1. The van der Waals surface area contributed by atoms with Crippen LogP contribution in [0.5, 0.6) is 0 Å². The molecule has 3 aromatic rings. The number of fused-ring (bicyclic) bond motifs is 2. The van der Waals surface area contributed by atoms with E-state index >= 15 is 0 Å². The number of amides is 1. The van der Waals surface area contributed by atoms with Gasteiger partial charge in [-0.15, -0.1) is 0 Å². The molecule has 1 unspecified atom stereocenters. The van der Waals surface area contributed by atoms with Gasteiger partial charge in [-0.25, -0.2) is 4.98 Å². The van der Waals surface area contributed by atoms with Gasteiger partial charge in [-0.05, 0) is 24.3 Å². The third-order valence-corrected chi connectivity index (χ3v) is 4.85. The Hall–Kier alpha value is -3.15. The Morgan fingerprint density at radius 2 is 1.85 bits per heavy atom. The second-order valence-electron chi connectivity index (χ2n) is 6.70. The molecule has 2 aromatic carbocycles. The van der Waals surface area contributed by atoms with Crippen LogP contribution in [0, 0.1) is 5.92 Å². The average Bonchev–Trinajstić information content (AvgIpc) is 2.76. The molecular weight excluding hydrogens is 328 g/mol. The topological polar surface area (TPSA) is 67.2 Å². The van der Waals surface area contributed by atoms with E-state index in [0.717, 1.165) is 11.4 Å². The van der Waals surface area contributed by atoms with Crippen LogP contribution < -0.4 is 15.8 Å². The highest BCUT2D eigenvalue weighted by Crippen LogP contribution is 2.30. The molecule has 1 amide bonds. The van der Waals surface area contributed by atoms with Gasteiger partial charge in [0.25, 0.3) is 5.56 Å². The Morgan fingerprint density at radius 1 is 1.12 bits per heavy atom. The van der Waals surface area contributed by atoms with Gasteiger partial charge < -0.3 is 10.2 Å². The molecule has 6 heteroatoms. The van der Waals surface area contributed by atoms with Gasteiger partial charge in [0.15, 0.2) is 0 Å². The summed E-state index contributed by atoms with van der Waals surface area (Å²) in [4.78, 5) is 31.7. The fourth-order valence-electron chi connectivity index (χ4n) is 3.35. The predicted octanol–water partition coefficient (Wildman–Crippen LogP) is 2.53. The van der Waals surface area contributed by atoms with Crippen molar-refractivity contribution < 1.29 is 4.79 Å². The predicted molar refractivity (Wildman–Crippen MR) is 102 cm³/mol. The highest BCUT2D eigenvalue weighted by Gasteiger charge is 2.25. The van der Waals surface area contributed by atoms with Gasteiger partial charge in [0.1, 0.15) is 5.82 Å². The van der Waals surface area contributed by atoms with Crippen molar-refractivity contribution in [2.24, 2.45) is 13.0 Å². The molecular formula is C20H20N4O2. The van der Waals surface area contributed by atoms with Crippen molar-refractivity contribution in [1.82, 2.24) is 9.55 Å². The maximum Gasteiger partial charge on any atom is 0.261 e. The van der Waals surface area contributed by atoms with E-state index in [2.05, 4.69) is 10.2 Å². The van der Waals surface area contributed by atoms with Crippen molar-refractivity contribution in [2.75, 3.05) is 16.8 Å². The maximum atomic E-state index is 12.7. The molecule has 6 nitrogen and oxygen atoms in total. The Labute approximate surface area is 151 Å². The van der Waals surface area contributed by atoms with E-state index < -0.39 is 0 Å². The first kappa shape index (κ1) is 16.3. The number of carbonyl (C=O) groups excluding carboxylic acids is 1. The standard InChI is InChI=1S/C20H20N4O2/c1-13-11-24(17-10-6-5-9-16(17)22-19(13)25)12-18-21-15-8-4-3-7-14(15)20(26)23(18)2/h3-10,13H,11-12H2,1-2H3,(H,22,25). The minimum Gasteiger partial charge on any atom is -0.362 e. The van der Waals surface area contributed by atoms with Crippen LogP contribution in [0.25, 0.3) is 10.9 Å². The lowest BCUT2D eigenvalue weighted by molar-refractivity contribution is -0.119. The lowest BCUT2D eigenvalue weighted by Gasteiger charge is -2.26. The summed E-state index contributed by atoms with van der Waals surface area (Å²) in [5, 5.41) is 3.59. The van der Waals surface area contributed by atoms with Gasteiger partial charge in [-0.1, -0.05) is 31.2 Å². The Balaban J connectivity index is 1.79.